The van der Waals surface area contributed by atoms with Crippen molar-refractivity contribution >= 4 is 11.6 Å². The van der Waals surface area contributed by atoms with E-state index in [0.29, 0.717) is 12.1 Å². The number of benzene rings is 1. The average molecular weight is 333 g/mol. The molecule has 1 aromatic carbocycles. The molecule has 1 aliphatic heterocycles. The van der Waals surface area contributed by atoms with Crippen molar-refractivity contribution in [2.24, 2.45) is 0 Å². The number of carbonyl (C=O) groups is 1. The Labute approximate surface area is 145 Å². The van der Waals surface area contributed by atoms with Crippen molar-refractivity contribution in [2.45, 2.75) is 76.9 Å². The van der Waals surface area contributed by atoms with Crippen LogP contribution < -0.4 is 4.90 Å². The van der Waals surface area contributed by atoms with Crippen LogP contribution in [0.3, 0.4) is 0 Å². The fourth-order valence-electron chi connectivity index (χ4n) is 3.58. The maximum absolute atomic E-state index is 12.8. The number of para-hydroxylation sites is 1. The summed E-state index contributed by atoms with van der Waals surface area (Å²) < 4.78 is 0. The monoisotopic (exact) mass is 333 g/mol. The maximum atomic E-state index is 12.8. The van der Waals surface area contributed by atoms with Gasteiger partial charge in [-0.05, 0) is 19.4 Å². The first kappa shape index (κ1) is 18.9. The number of unbranched alkanes of at least 4 members (excludes halogenated alkanes) is 6. The van der Waals surface area contributed by atoms with E-state index in [-0.39, 0.29) is 12.3 Å². The summed E-state index contributed by atoms with van der Waals surface area (Å²) in [7, 11) is 0. The number of fused-ring (bicyclic) bond motifs is 1. The van der Waals surface area contributed by atoms with E-state index in [4.69, 9.17) is 0 Å². The van der Waals surface area contributed by atoms with Gasteiger partial charge in [0.15, 0.2) is 5.60 Å². The van der Waals surface area contributed by atoms with Gasteiger partial charge in [0.2, 0.25) is 0 Å². The zero-order valence-corrected chi connectivity index (χ0v) is 15.0. The summed E-state index contributed by atoms with van der Waals surface area (Å²) in [5.41, 5.74) is -0.179. The van der Waals surface area contributed by atoms with Crippen molar-refractivity contribution in [1.29, 1.82) is 0 Å². The second-order valence-corrected chi connectivity index (χ2v) is 7.01. The van der Waals surface area contributed by atoms with Crippen LogP contribution in [0.2, 0.25) is 0 Å². The Morgan fingerprint density at radius 1 is 1.08 bits per heavy atom. The zero-order valence-electron chi connectivity index (χ0n) is 15.0. The van der Waals surface area contributed by atoms with E-state index in [1.165, 1.54) is 32.1 Å². The molecule has 1 aromatic rings. The number of carbonyl (C=O) groups excluding carboxylic acids is 1. The highest BCUT2D eigenvalue weighted by atomic mass is 16.3. The Hall–Kier alpha value is -1.39. The van der Waals surface area contributed by atoms with Crippen LogP contribution >= 0.6 is 0 Å². The number of nitrogens with zero attached hydrogens (tertiary/aromatic N) is 1. The molecule has 1 heterocycles. The summed E-state index contributed by atoms with van der Waals surface area (Å²) in [6.07, 6.45) is 7.64. The molecule has 2 unspecified atom stereocenters. The molecule has 0 fully saturated rings. The van der Waals surface area contributed by atoms with E-state index >= 15 is 0 Å². The molecule has 0 radical (unpaired) electrons. The van der Waals surface area contributed by atoms with Gasteiger partial charge in [-0.2, -0.15) is 0 Å². The first-order valence-corrected chi connectivity index (χ1v) is 9.32. The Kier molecular flexibility index (Phi) is 6.81. The Morgan fingerprint density at radius 3 is 2.38 bits per heavy atom. The summed E-state index contributed by atoms with van der Waals surface area (Å²) in [6, 6.07) is 7.39. The van der Waals surface area contributed by atoms with E-state index in [9.17, 15) is 15.0 Å². The number of anilines is 1. The lowest BCUT2D eigenvalue weighted by Gasteiger charge is -2.24. The van der Waals surface area contributed by atoms with Crippen molar-refractivity contribution in [1.82, 2.24) is 0 Å². The van der Waals surface area contributed by atoms with Crippen LogP contribution in [0.1, 0.15) is 70.8 Å². The topological polar surface area (TPSA) is 60.8 Å². The van der Waals surface area contributed by atoms with Crippen LogP contribution in [-0.2, 0) is 10.4 Å². The number of rotatable bonds is 10. The highest BCUT2D eigenvalue weighted by molar-refractivity contribution is 6.06. The second-order valence-electron chi connectivity index (χ2n) is 7.01. The minimum Gasteiger partial charge on any atom is -0.393 e. The second kappa shape index (κ2) is 8.63. The molecule has 0 spiro atoms. The summed E-state index contributed by atoms with van der Waals surface area (Å²) in [5, 5.41) is 20.6. The van der Waals surface area contributed by atoms with Crippen molar-refractivity contribution in [3.05, 3.63) is 29.8 Å². The molecule has 4 nitrogen and oxygen atoms in total. The van der Waals surface area contributed by atoms with E-state index < -0.39 is 11.7 Å². The van der Waals surface area contributed by atoms with Gasteiger partial charge in [0.1, 0.15) is 0 Å². The molecule has 2 N–H and O–H groups in total. The van der Waals surface area contributed by atoms with Gasteiger partial charge < -0.3 is 15.1 Å². The molecule has 0 bridgehead atoms. The van der Waals surface area contributed by atoms with Crippen LogP contribution in [0.4, 0.5) is 5.69 Å². The fourth-order valence-corrected chi connectivity index (χ4v) is 3.58. The first-order valence-electron chi connectivity index (χ1n) is 9.32. The predicted molar refractivity (Wildman–Crippen MR) is 97.0 cm³/mol. The van der Waals surface area contributed by atoms with Gasteiger partial charge in [-0.3, -0.25) is 4.79 Å². The van der Waals surface area contributed by atoms with Gasteiger partial charge >= 0.3 is 0 Å². The highest BCUT2D eigenvalue weighted by Gasteiger charge is 2.49. The summed E-state index contributed by atoms with van der Waals surface area (Å²) in [4.78, 5) is 14.5. The summed E-state index contributed by atoms with van der Waals surface area (Å²) in [5.74, 6) is -0.296. The molecule has 134 valence electrons. The molecule has 0 saturated heterocycles. The van der Waals surface area contributed by atoms with Crippen molar-refractivity contribution in [3.63, 3.8) is 0 Å². The fraction of sp³-hybridized carbons (Fsp3) is 0.650. The minimum absolute atomic E-state index is 0.0381. The predicted octanol–water partition coefficient (Wildman–Crippen LogP) is 3.74. The van der Waals surface area contributed by atoms with Crippen LogP contribution in [0.5, 0.6) is 0 Å². The minimum atomic E-state index is -1.59. The van der Waals surface area contributed by atoms with E-state index in [0.717, 1.165) is 18.5 Å². The van der Waals surface area contributed by atoms with E-state index in [2.05, 4.69) is 6.92 Å². The highest BCUT2D eigenvalue weighted by Crippen LogP contribution is 2.42. The zero-order chi connectivity index (χ0) is 17.6. The number of hydrogen-bond donors (Lipinski definition) is 2. The van der Waals surface area contributed by atoms with Crippen LogP contribution in [0, 0.1) is 0 Å². The van der Waals surface area contributed by atoms with Crippen molar-refractivity contribution in [3.8, 4) is 0 Å². The molecular formula is C20H31NO3. The molecule has 0 saturated carbocycles. The lowest BCUT2D eigenvalue weighted by molar-refractivity contribution is -0.139. The van der Waals surface area contributed by atoms with Gasteiger partial charge in [-0.15, -0.1) is 0 Å². The number of amides is 1. The Morgan fingerprint density at radius 2 is 1.71 bits per heavy atom. The third-order valence-electron chi connectivity index (χ3n) is 4.82. The van der Waals surface area contributed by atoms with Crippen molar-refractivity contribution in [2.75, 3.05) is 11.4 Å². The maximum Gasteiger partial charge on any atom is 0.263 e. The number of aliphatic hydroxyl groups is 2. The van der Waals surface area contributed by atoms with Crippen LogP contribution in [-0.4, -0.2) is 28.8 Å². The summed E-state index contributed by atoms with van der Waals surface area (Å²) >= 11 is 0. The quantitative estimate of drug-likeness (QED) is 0.641. The molecular weight excluding hydrogens is 302 g/mol. The standard InChI is InChI=1S/C20H31NO3/c1-3-4-5-6-7-8-11-14-21-18-13-10-9-12-17(18)20(24,19(21)23)15-16(2)22/h9-10,12-13,16,22,24H,3-8,11,14-15H2,1-2H3. The normalized spacial score (nSPS) is 21.2. The van der Waals surface area contributed by atoms with Gasteiger partial charge in [0.25, 0.3) is 5.91 Å². The number of hydrogen-bond acceptors (Lipinski definition) is 3. The SMILES string of the molecule is CCCCCCCCCN1C(=O)C(O)(CC(C)O)c2ccccc21. The van der Waals surface area contributed by atoms with Gasteiger partial charge in [-0.25, -0.2) is 0 Å². The largest absolute Gasteiger partial charge is 0.393 e. The third kappa shape index (κ3) is 4.17. The Bertz CT molecular complexity index is 543. The van der Waals surface area contributed by atoms with Gasteiger partial charge in [0, 0.05) is 18.5 Å². The van der Waals surface area contributed by atoms with Crippen molar-refractivity contribution < 1.29 is 15.0 Å². The first-order chi connectivity index (χ1) is 11.5. The van der Waals surface area contributed by atoms with Crippen LogP contribution in [0.15, 0.2) is 24.3 Å². The Balaban J connectivity index is 1.97. The molecule has 2 atom stereocenters. The van der Waals surface area contributed by atoms with Gasteiger partial charge in [0.05, 0.1) is 11.8 Å². The molecule has 1 amide bonds. The molecule has 2 rings (SSSR count). The third-order valence-corrected chi connectivity index (χ3v) is 4.82. The molecule has 4 heteroatoms. The molecule has 1 aliphatic rings. The molecule has 24 heavy (non-hydrogen) atoms. The van der Waals surface area contributed by atoms with Gasteiger partial charge in [-0.1, -0.05) is 63.6 Å². The smallest absolute Gasteiger partial charge is 0.263 e. The van der Waals surface area contributed by atoms with Crippen LogP contribution in [0.25, 0.3) is 0 Å². The molecule has 0 aromatic heterocycles. The number of aliphatic hydroxyl groups excluding tert-OH is 1. The van der Waals surface area contributed by atoms with E-state index in [1.54, 1.807) is 17.9 Å². The van der Waals surface area contributed by atoms with E-state index in [1.807, 2.05) is 18.2 Å². The lowest BCUT2D eigenvalue weighted by Crippen LogP contribution is -2.42. The molecule has 0 aliphatic carbocycles. The summed E-state index contributed by atoms with van der Waals surface area (Å²) in [6.45, 7) is 4.45. The lowest BCUT2D eigenvalue weighted by atomic mass is 9.90. The average Bonchev–Trinajstić information content (AvgIpc) is 2.75.